The van der Waals surface area contributed by atoms with Crippen molar-refractivity contribution in [2.75, 3.05) is 0 Å². The van der Waals surface area contributed by atoms with Gasteiger partial charge in [-0.1, -0.05) is 41.4 Å². The lowest BCUT2D eigenvalue weighted by Gasteiger charge is -2.30. The average molecular weight is 294 g/mol. The van der Waals surface area contributed by atoms with E-state index in [2.05, 4.69) is 0 Å². The molecule has 2 N–H and O–H groups in total. The second-order valence-electron chi connectivity index (χ2n) is 4.69. The highest BCUT2D eigenvalue weighted by atomic mass is 35.5. The molecule has 0 radical (unpaired) electrons. The highest BCUT2D eigenvalue weighted by Gasteiger charge is 2.27. The van der Waals surface area contributed by atoms with Gasteiger partial charge in [0.05, 0.1) is 0 Å². The lowest BCUT2D eigenvalue weighted by Crippen LogP contribution is -2.24. The lowest BCUT2D eigenvalue weighted by atomic mass is 9.94. The van der Waals surface area contributed by atoms with Crippen molar-refractivity contribution in [3.63, 3.8) is 0 Å². The number of fused-ring (bicyclic) bond motifs is 1. The second kappa shape index (κ2) is 5.04. The first-order valence-corrected chi connectivity index (χ1v) is 6.86. The van der Waals surface area contributed by atoms with Crippen molar-refractivity contribution in [1.82, 2.24) is 0 Å². The number of rotatable bonds is 1. The van der Waals surface area contributed by atoms with Crippen molar-refractivity contribution in [1.29, 1.82) is 0 Å². The van der Waals surface area contributed by atoms with Crippen molar-refractivity contribution in [2.45, 2.75) is 18.6 Å². The van der Waals surface area contributed by atoms with Gasteiger partial charge in [0.1, 0.15) is 11.9 Å². The quantitative estimate of drug-likeness (QED) is 0.839. The van der Waals surface area contributed by atoms with E-state index in [1.807, 2.05) is 36.4 Å². The Kier molecular flexibility index (Phi) is 3.40. The van der Waals surface area contributed by atoms with Crippen molar-refractivity contribution in [2.24, 2.45) is 5.73 Å². The molecule has 3 rings (SSSR count). The van der Waals surface area contributed by atoms with E-state index in [-0.39, 0.29) is 12.1 Å². The number of para-hydroxylation sites is 1. The number of nitrogens with two attached hydrogens (primary N) is 1. The summed E-state index contributed by atoms with van der Waals surface area (Å²) >= 11 is 12.1. The van der Waals surface area contributed by atoms with Crippen molar-refractivity contribution in [3.8, 4) is 5.75 Å². The van der Waals surface area contributed by atoms with E-state index >= 15 is 0 Å². The molecule has 0 spiro atoms. The van der Waals surface area contributed by atoms with Crippen LogP contribution in [-0.4, -0.2) is 0 Å². The second-order valence-corrected chi connectivity index (χ2v) is 5.56. The standard InChI is InChI=1S/C15H13Cl2NO/c16-10-5-9(6-11(17)7-10)15-8-13(18)12-3-1-2-4-14(12)19-15/h1-7,13,15H,8,18H2. The molecule has 2 aromatic carbocycles. The molecule has 1 heterocycles. The predicted molar refractivity (Wildman–Crippen MR) is 77.8 cm³/mol. The molecule has 0 fully saturated rings. The molecule has 2 aromatic rings. The zero-order valence-electron chi connectivity index (χ0n) is 10.1. The Balaban J connectivity index is 1.96. The number of hydrogen-bond donors (Lipinski definition) is 1. The van der Waals surface area contributed by atoms with Crippen LogP contribution in [0.15, 0.2) is 42.5 Å². The van der Waals surface area contributed by atoms with E-state index < -0.39 is 0 Å². The number of ether oxygens (including phenoxy) is 1. The van der Waals surface area contributed by atoms with Crippen molar-refractivity contribution < 1.29 is 4.74 Å². The van der Waals surface area contributed by atoms with Gasteiger partial charge in [0.2, 0.25) is 0 Å². The van der Waals surface area contributed by atoms with Gasteiger partial charge < -0.3 is 10.5 Å². The van der Waals surface area contributed by atoms with Crippen LogP contribution in [0.2, 0.25) is 10.0 Å². The molecule has 0 saturated carbocycles. The Morgan fingerprint density at radius 2 is 1.74 bits per heavy atom. The highest BCUT2D eigenvalue weighted by molar-refractivity contribution is 6.34. The number of halogens is 2. The van der Waals surface area contributed by atoms with Crippen LogP contribution >= 0.6 is 23.2 Å². The molecule has 1 aliphatic rings. The molecule has 0 bridgehead atoms. The van der Waals surface area contributed by atoms with Gasteiger partial charge in [-0.25, -0.2) is 0 Å². The topological polar surface area (TPSA) is 35.2 Å². The highest BCUT2D eigenvalue weighted by Crippen LogP contribution is 2.40. The van der Waals surface area contributed by atoms with Crippen LogP contribution in [0.5, 0.6) is 5.75 Å². The maximum absolute atomic E-state index is 6.20. The summed E-state index contributed by atoms with van der Waals surface area (Å²) in [4.78, 5) is 0. The molecule has 4 heteroatoms. The molecule has 98 valence electrons. The van der Waals surface area contributed by atoms with Crippen LogP contribution in [0, 0.1) is 0 Å². The molecule has 0 amide bonds. The van der Waals surface area contributed by atoms with Gasteiger partial charge in [0, 0.05) is 28.1 Å². The van der Waals surface area contributed by atoms with E-state index in [0.29, 0.717) is 16.5 Å². The Hall–Kier alpha value is -1.22. The zero-order valence-corrected chi connectivity index (χ0v) is 11.7. The predicted octanol–water partition coefficient (Wildman–Crippen LogP) is 4.52. The summed E-state index contributed by atoms with van der Waals surface area (Å²) in [6, 6.07) is 13.3. The number of benzene rings is 2. The van der Waals surface area contributed by atoms with Crippen LogP contribution < -0.4 is 10.5 Å². The number of hydrogen-bond acceptors (Lipinski definition) is 2. The van der Waals surface area contributed by atoms with Crippen molar-refractivity contribution in [3.05, 3.63) is 63.6 Å². The summed E-state index contributed by atoms with van der Waals surface area (Å²) < 4.78 is 6.00. The molecular weight excluding hydrogens is 281 g/mol. The zero-order chi connectivity index (χ0) is 13.4. The Labute approximate surface area is 122 Å². The fourth-order valence-electron chi connectivity index (χ4n) is 2.42. The molecule has 0 aliphatic carbocycles. The normalized spacial score (nSPS) is 21.6. The molecule has 19 heavy (non-hydrogen) atoms. The minimum atomic E-state index is -0.110. The van der Waals surface area contributed by atoms with Crippen LogP contribution in [0.3, 0.4) is 0 Å². The van der Waals surface area contributed by atoms with Crippen LogP contribution in [-0.2, 0) is 0 Å². The summed E-state index contributed by atoms with van der Waals surface area (Å²) in [5.74, 6) is 0.836. The van der Waals surface area contributed by atoms with E-state index in [1.165, 1.54) is 0 Å². The summed E-state index contributed by atoms with van der Waals surface area (Å²) in [7, 11) is 0. The Morgan fingerprint density at radius 1 is 1.05 bits per heavy atom. The minimum absolute atomic E-state index is 0.0345. The Bertz CT molecular complexity index is 595. The van der Waals surface area contributed by atoms with Gasteiger partial charge in [0.15, 0.2) is 0 Å². The van der Waals surface area contributed by atoms with E-state index in [1.54, 1.807) is 6.07 Å². The molecule has 0 saturated heterocycles. The molecule has 2 unspecified atom stereocenters. The lowest BCUT2D eigenvalue weighted by molar-refractivity contribution is 0.161. The average Bonchev–Trinajstić information content (AvgIpc) is 2.37. The van der Waals surface area contributed by atoms with Crippen LogP contribution in [0.4, 0.5) is 0 Å². The molecule has 2 nitrogen and oxygen atoms in total. The van der Waals surface area contributed by atoms with E-state index in [9.17, 15) is 0 Å². The third-order valence-corrected chi connectivity index (χ3v) is 3.75. The summed E-state index contributed by atoms with van der Waals surface area (Å²) in [6.07, 6.45) is 0.606. The minimum Gasteiger partial charge on any atom is -0.485 e. The fraction of sp³-hybridized carbons (Fsp3) is 0.200. The van der Waals surface area contributed by atoms with Gasteiger partial charge in [-0.15, -0.1) is 0 Å². The van der Waals surface area contributed by atoms with Gasteiger partial charge in [0.25, 0.3) is 0 Å². The third-order valence-electron chi connectivity index (χ3n) is 3.31. The monoisotopic (exact) mass is 293 g/mol. The largest absolute Gasteiger partial charge is 0.485 e. The van der Waals surface area contributed by atoms with Gasteiger partial charge in [-0.3, -0.25) is 0 Å². The molecule has 2 atom stereocenters. The van der Waals surface area contributed by atoms with Crippen LogP contribution in [0.25, 0.3) is 0 Å². The van der Waals surface area contributed by atoms with Gasteiger partial charge in [-0.2, -0.15) is 0 Å². The summed E-state index contributed by atoms with van der Waals surface area (Å²) in [5, 5.41) is 1.22. The first kappa shape index (κ1) is 12.8. The van der Waals surface area contributed by atoms with Gasteiger partial charge in [-0.05, 0) is 29.8 Å². The first-order valence-electron chi connectivity index (χ1n) is 6.10. The summed E-state index contributed by atoms with van der Waals surface area (Å²) in [5.41, 5.74) is 8.21. The summed E-state index contributed by atoms with van der Waals surface area (Å²) in [6.45, 7) is 0. The van der Waals surface area contributed by atoms with E-state index in [0.717, 1.165) is 16.9 Å². The molecule has 0 aromatic heterocycles. The molecular formula is C15H13Cl2NO. The smallest absolute Gasteiger partial charge is 0.126 e. The van der Waals surface area contributed by atoms with Crippen molar-refractivity contribution >= 4 is 23.2 Å². The van der Waals surface area contributed by atoms with Crippen LogP contribution in [0.1, 0.15) is 29.7 Å². The molecule has 1 aliphatic heterocycles. The maximum atomic E-state index is 6.20. The fourth-order valence-corrected chi connectivity index (χ4v) is 2.96. The maximum Gasteiger partial charge on any atom is 0.126 e. The Morgan fingerprint density at radius 3 is 2.47 bits per heavy atom. The third kappa shape index (κ3) is 2.57. The van der Waals surface area contributed by atoms with E-state index in [4.69, 9.17) is 33.7 Å². The SMILES string of the molecule is NC1CC(c2cc(Cl)cc(Cl)c2)Oc2ccccc21. The van der Waals surface area contributed by atoms with Gasteiger partial charge >= 0.3 is 0 Å². The first-order chi connectivity index (χ1) is 9.13.